The summed E-state index contributed by atoms with van der Waals surface area (Å²) in [6, 6.07) is 8.16. The Hall–Kier alpha value is -2.50. The molecule has 6 nitrogen and oxygen atoms in total. The van der Waals surface area contributed by atoms with E-state index < -0.39 is 4.92 Å². The van der Waals surface area contributed by atoms with Gasteiger partial charge in [-0.15, -0.1) is 0 Å². The topological polar surface area (TPSA) is 85.1 Å². The molecule has 1 amide bonds. The number of hydrogen-bond donors (Lipinski definition) is 1. The number of unbranched alkanes of at least 4 members (excludes halogenated alkanes) is 2. The molecule has 1 N–H and O–H groups in total. The molecule has 1 heterocycles. The van der Waals surface area contributed by atoms with Crippen molar-refractivity contribution in [1.82, 2.24) is 10.3 Å². The van der Waals surface area contributed by atoms with E-state index in [4.69, 9.17) is 0 Å². The van der Waals surface area contributed by atoms with Crippen LogP contribution in [0.2, 0.25) is 0 Å². The Bertz CT molecular complexity index is 670. The summed E-state index contributed by atoms with van der Waals surface area (Å²) in [6.07, 6.45) is 3.00. The first-order valence-electron chi connectivity index (χ1n) is 6.96. The van der Waals surface area contributed by atoms with Crippen LogP contribution in [0.1, 0.15) is 36.5 Å². The Kier molecular flexibility index (Phi) is 4.81. The molecule has 1 aromatic heterocycles. The average Bonchev–Trinajstić information content (AvgIpc) is 2.50. The van der Waals surface area contributed by atoms with Gasteiger partial charge in [-0.1, -0.05) is 31.9 Å². The number of amides is 1. The summed E-state index contributed by atoms with van der Waals surface area (Å²) in [5.41, 5.74) is 0.745. The molecule has 2 aromatic rings. The van der Waals surface area contributed by atoms with Gasteiger partial charge in [-0.25, -0.2) is 0 Å². The predicted octanol–water partition coefficient (Wildman–Crippen LogP) is 3.06. The molecular formula is C15H17N3O3. The van der Waals surface area contributed by atoms with E-state index >= 15 is 0 Å². The van der Waals surface area contributed by atoms with E-state index in [2.05, 4.69) is 17.2 Å². The zero-order valence-corrected chi connectivity index (χ0v) is 11.8. The summed E-state index contributed by atoms with van der Waals surface area (Å²) in [6.45, 7) is 2.65. The molecule has 0 saturated carbocycles. The van der Waals surface area contributed by atoms with Gasteiger partial charge < -0.3 is 15.4 Å². The number of hydrogen-bond acceptors (Lipinski definition) is 4. The number of nitro groups is 1. The number of nitrogens with zero attached hydrogens (tertiary/aromatic N) is 2. The van der Waals surface area contributed by atoms with Crippen molar-refractivity contribution >= 4 is 22.6 Å². The molecular weight excluding hydrogens is 270 g/mol. The fourth-order valence-electron chi connectivity index (χ4n) is 2.11. The monoisotopic (exact) mass is 287 g/mol. The van der Waals surface area contributed by atoms with Gasteiger partial charge in [0.2, 0.25) is 0 Å². The van der Waals surface area contributed by atoms with Crippen LogP contribution in [0.15, 0.2) is 30.3 Å². The van der Waals surface area contributed by atoms with Crippen molar-refractivity contribution in [3.05, 3.63) is 46.0 Å². The maximum absolute atomic E-state index is 12.2. The lowest BCUT2D eigenvalue weighted by Gasteiger charge is -2.06. The summed E-state index contributed by atoms with van der Waals surface area (Å²) in [4.78, 5) is 26.5. The van der Waals surface area contributed by atoms with Gasteiger partial charge in [0.1, 0.15) is 0 Å². The molecule has 0 unspecified atom stereocenters. The van der Waals surface area contributed by atoms with Gasteiger partial charge in [0, 0.05) is 18.0 Å². The number of rotatable bonds is 6. The zero-order valence-electron chi connectivity index (χ0n) is 11.8. The predicted molar refractivity (Wildman–Crippen MR) is 80.3 cm³/mol. The second-order valence-corrected chi connectivity index (χ2v) is 4.77. The molecule has 0 radical (unpaired) electrons. The SMILES string of the molecule is CCCCCNC(=O)c1cc([N+](=O)[O-])nc2ccccc12. The van der Waals surface area contributed by atoms with Crippen LogP contribution in [0.4, 0.5) is 5.82 Å². The van der Waals surface area contributed by atoms with Crippen molar-refractivity contribution in [2.45, 2.75) is 26.2 Å². The van der Waals surface area contributed by atoms with Crippen molar-refractivity contribution in [2.24, 2.45) is 0 Å². The van der Waals surface area contributed by atoms with Gasteiger partial charge in [0.05, 0.1) is 5.56 Å². The van der Waals surface area contributed by atoms with Crippen LogP contribution in [0, 0.1) is 10.1 Å². The van der Waals surface area contributed by atoms with Gasteiger partial charge in [-0.2, -0.15) is 0 Å². The smallest absolute Gasteiger partial charge is 0.358 e. The normalized spacial score (nSPS) is 10.5. The number of pyridine rings is 1. The van der Waals surface area contributed by atoms with Crippen molar-refractivity contribution in [1.29, 1.82) is 0 Å². The Balaban J connectivity index is 2.32. The van der Waals surface area contributed by atoms with E-state index in [1.54, 1.807) is 24.3 Å². The van der Waals surface area contributed by atoms with Crippen molar-refractivity contribution in [2.75, 3.05) is 6.54 Å². The highest BCUT2D eigenvalue weighted by molar-refractivity contribution is 6.06. The quantitative estimate of drug-likeness (QED) is 0.502. The first-order valence-corrected chi connectivity index (χ1v) is 6.96. The summed E-state index contributed by atoms with van der Waals surface area (Å²) < 4.78 is 0. The van der Waals surface area contributed by atoms with Gasteiger partial charge in [-0.3, -0.25) is 4.79 Å². The van der Waals surface area contributed by atoms with Crippen molar-refractivity contribution in [3.63, 3.8) is 0 Å². The lowest BCUT2D eigenvalue weighted by Crippen LogP contribution is -2.24. The van der Waals surface area contributed by atoms with Crippen LogP contribution in [0.5, 0.6) is 0 Å². The number of benzene rings is 1. The van der Waals surface area contributed by atoms with E-state index in [1.807, 2.05) is 0 Å². The average molecular weight is 287 g/mol. The van der Waals surface area contributed by atoms with E-state index in [0.717, 1.165) is 19.3 Å². The number of carbonyl (C=O) groups excluding carboxylic acids is 1. The second-order valence-electron chi connectivity index (χ2n) is 4.77. The van der Waals surface area contributed by atoms with E-state index in [0.29, 0.717) is 23.0 Å². The van der Waals surface area contributed by atoms with Crippen molar-refractivity contribution < 1.29 is 9.72 Å². The number of aromatic nitrogens is 1. The molecule has 21 heavy (non-hydrogen) atoms. The zero-order chi connectivity index (χ0) is 15.2. The van der Waals surface area contributed by atoms with Gasteiger partial charge in [0.25, 0.3) is 5.91 Å². The van der Waals surface area contributed by atoms with E-state index in [1.165, 1.54) is 6.07 Å². The molecule has 0 bridgehead atoms. The minimum Gasteiger partial charge on any atom is -0.358 e. The Labute approximate surface area is 122 Å². The van der Waals surface area contributed by atoms with Crippen LogP contribution in [0.25, 0.3) is 10.9 Å². The Morgan fingerprint density at radius 3 is 2.81 bits per heavy atom. The number of carbonyl (C=O) groups is 1. The van der Waals surface area contributed by atoms with Crippen LogP contribution >= 0.6 is 0 Å². The summed E-state index contributed by atoms with van der Waals surface area (Å²) >= 11 is 0. The molecule has 0 fully saturated rings. The molecule has 6 heteroatoms. The molecule has 1 aromatic carbocycles. The molecule has 0 aliphatic carbocycles. The standard InChI is InChI=1S/C15H17N3O3/c1-2-3-6-9-16-15(19)12-10-14(18(20)21)17-13-8-5-4-7-11(12)13/h4-5,7-8,10H,2-3,6,9H2,1H3,(H,16,19). The lowest BCUT2D eigenvalue weighted by molar-refractivity contribution is -0.389. The first-order chi connectivity index (χ1) is 10.1. The van der Waals surface area contributed by atoms with Crippen LogP contribution in [-0.2, 0) is 0 Å². The highest BCUT2D eigenvalue weighted by Crippen LogP contribution is 2.21. The molecule has 0 spiro atoms. The third kappa shape index (κ3) is 3.53. The molecule has 2 rings (SSSR count). The molecule has 110 valence electrons. The van der Waals surface area contributed by atoms with Gasteiger partial charge >= 0.3 is 5.82 Å². The molecule has 0 atom stereocenters. The highest BCUT2D eigenvalue weighted by atomic mass is 16.6. The third-order valence-electron chi connectivity index (χ3n) is 3.20. The molecule has 0 aliphatic rings. The van der Waals surface area contributed by atoms with Crippen LogP contribution in [-0.4, -0.2) is 22.4 Å². The van der Waals surface area contributed by atoms with Crippen LogP contribution < -0.4 is 5.32 Å². The molecule has 0 saturated heterocycles. The fourth-order valence-corrected chi connectivity index (χ4v) is 2.11. The minimum atomic E-state index is -0.583. The van der Waals surface area contributed by atoms with Crippen molar-refractivity contribution in [3.8, 4) is 0 Å². The first kappa shape index (κ1) is 14.9. The van der Waals surface area contributed by atoms with E-state index in [9.17, 15) is 14.9 Å². The summed E-state index contributed by atoms with van der Waals surface area (Å²) in [5.74, 6) is -0.611. The van der Waals surface area contributed by atoms with E-state index in [-0.39, 0.29) is 11.7 Å². The Morgan fingerprint density at radius 1 is 1.33 bits per heavy atom. The maximum atomic E-state index is 12.2. The van der Waals surface area contributed by atoms with Gasteiger partial charge in [-0.05, 0) is 28.5 Å². The minimum absolute atomic E-state index is 0.295. The highest BCUT2D eigenvalue weighted by Gasteiger charge is 2.18. The number of para-hydroxylation sites is 1. The fraction of sp³-hybridized carbons (Fsp3) is 0.333. The van der Waals surface area contributed by atoms with Crippen LogP contribution in [0.3, 0.4) is 0 Å². The number of nitrogens with one attached hydrogen (secondary N) is 1. The summed E-state index contributed by atoms with van der Waals surface area (Å²) in [7, 11) is 0. The Morgan fingerprint density at radius 2 is 2.10 bits per heavy atom. The lowest BCUT2D eigenvalue weighted by atomic mass is 10.1. The largest absolute Gasteiger partial charge is 0.364 e. The third-order valence-corrected chi connectivity index (χ3v) is 3.20. The summed E-state index contributed by atoms with van der Waals surface area (Å²) in [5, 5.41) is 14.4. The molecule has 0 aliphatic heterocycles. The second kappa shape index (κ2) is 6.78. The maximum Gasteiger partial charge on any atom is 0.364 e. The van der Waals surface area contributed by atoms with Gasteiger partial charge in [0.15, 0.2) is 5.52 Å². The number of fused-ring (bicyclic) bond motifs is 1.